The van der Waals surface area contributed by atoms with Crippen LogP contribution in [0, 0.1) is 0 Å². The minimum absolute atomic E-state index is 0.147. The first-order valence-corrected chi connectivity index (χ1v) is 9.83. The molecule has 0 radical (unpaired) electrons. The van der Waals surface area contributed by atoms with E-state index in [1.165, 1.54) is 6.07 Å². The molecule has 8 heteroatoms. The van der Waals surface area contributed by atoms with Crippen molar-refractivity contribution in [1.82, 2.24) is 9.88 Å². The molecule has 0 unspecified atom stereocenters. The lowest BCUT2D eigenvalue weighted by atomic mass is 10.1. The maximum absolute atomic E-state index is 13.0. The molecule has 0 saturated heterocycles. The van der Waals surface area contributed by atoms with Crippen molar-refractivity contribution in [2.75, 3.05) is 38.2 Å². The van der Waals surface area contributed by atoms with E-state index in [9.17, 15) is 18.7 Å². The van der Waals surface area contributed by atoms with Gasteiger partial charge in [-0.3, -0.25) is 4.79 Å². The normalized spacial score (nSPS) is 11.5. The van der Waals surface area contributed by atoms with Crippen LogP contribution in [0.4, 0.5) is 14.6 Å². The van der Waals surface area contributed by atoms with Gasteiger partial charge in [-0.25, -0.2) is 13.8 Å². The van der Waals surface area contributed by atoms with Gasteiger partial charge in [0.1, 0.15) is 23.8 Å². The minimum Gasteiger partial charge on any atom is -0.487 e. The van der Waals surface area contributed by atoms with E-state index in [1.807, 2.05) is 31.0 Å². The van der Waals surface area contributed by atoms with Gasteiger partial charge in [0, 0.05) is 26.7 Å². The second-order valence-corrected chi connectivity index (χ2v) is 7.44. The van der Waals surface area contributed by atoms with E-state index in [2.05, 4.69) is 4.98 Å². The quantitative estimate of drug-likeness (QED) is 0.636. The number of likely N-dealkylation sites (N-methyl/N-ethyl adjacent to an activating group) is 2. The summed E-state index contributed by atoms with van der Waals surface area (Å²) in [6.45, 7) is 5.79. The monoisotopic (exact) mass is 421 g/mol. The van der Waals surface area contributed by atoms with Crippen molar-refractivity contribution in [2.45, 2.75) is 32.8 Å². The lowest BCUT2D eigenvalue weighted by Crippen LogP contribution is -2.38. The Morgan fingerprint density at radius 1 is 1.17 bits per heavy atom. The number of anilines is 1. The number of aliphatic hydroxyl groups is 1. The van der Waals surface area contributed by atoms with E-state index in [0.29, 0.717) is 31.1 Å². The van der Waals surface area contributed by atoms with Gasteiger partial charge >= 0.3 is 0 Å². The van der Waals surface area contributed by atoms with Crippen LogP contribution in [0.25, 0.3) is 0 Å². The second kappa shape index (κ2) is 10.3. The first kappa shape index (κ1) is 23.5. The first-order chi connectivity index (χ1) is 14.1. The standard InChI is InChI=1S/C22H29F2N3O3/c1-5-27(21(28)16-9-6-7-10-17(16)30-15-19(23)24)14-13-26(4)20-12-8-11-18(25-20)22(2,3)29/h6-12,19,29H,5,13-15H2,1-4H3. The van der Waals surface area contributed by atoms with Crippen LogP contribution in [-0.2, 0) is 5.60 Å². The zero-order valence-corrected chi connectivity index (χ0v) is 17.8. The van der Waals surface area contributed by atoms with E-state index >= 15 is 0 Å². The van der Waals surface area contributed by atoms with Gasteiger partial charge in [0.25, 0.3) is 12.3 Å². The van der Waals surface area contributed by atoms with Crippen LogP contribution < -0.4 is 9.64 Å². The molecule has 6 nitrogen and oxygen atoms in total. The molecule has 30 heavy (non-hydrogen) atoms. The molecule has 1 aromatic heterocycles. The van der Waals surface area contributed by atoms with Gasteiger partial charge in [0.05, 0.1) is 11.3 Å². The van der Waals surface area contributed by atoms with Gasteiger partial charge in [-0.2, -0.15) is 0 Å². The van der Waals surface area contributed by atoms with Crippen LogP contribution in [0.1, 0.15) is 36.8 Å². The van der Waals surface area contributed by atoms with Gasteiger partial charge in [-0.05, 0) is 45.0 Å². The molecule has 0 spiro atoms. The summed E-state index contributed by atoms with van der Waals surface area (Å²) in [5.74, 6) is 0.543. The molecule has 0 aliphatic carbocycles. The van der Waals surface area contributed by atoms with E-state index in [4.69, 9.17) is 4.74 Å². The molecule has 0 aliphatic rings. The molecular formula is C22H29F2N3O3. The number of hydrogen-bond donors (Lipinski definition) is 1. The van der Waals surface area contributed by atoms with Gasteiger partial charge in [-0.15, -0.1) is 0 Å². The molecule has 0 fully saturated rings. The predicted molar refractivity (Wildman–Crippen MR) is 112 cm³/mol. The van der Waals surface area contributed by atoms with Gasteiger partial charge < -0.3 is 19.6 Å². The third kappa shape index (κ3) is 6.38. The Balaban J connectivity index is 2.08. The number of rotatable bonds is 10. The molecule has 1 heterocycles. The molecule has 164 valence electrons. The highest BCUT2D eigenvalue weighted by Gasteiger charge is 2.21. The van der Waals surface area contributed by atoms with Crippen molar-refractivity contribution < 1.29 is 23.4 Å². The van der Waals surface area contributed by atoms with E-state index in [-0.39, 0.29) is 17.2 Å². The second-order valence-electron chi connectivity index (χ2n) is 7.44. The summed E-state index contributed by atoms with van der Waals surface area (Å²) in [6.07, 6.45) is -2.61. The summed E-state index contributed by atoms with van der Waals surface area (Å²) in [6, 6.07) is 11.8. The Morgan fingerprint density at radius 2 is 1.87 bits per heavy atom. The van der Waals surface area contributed by atoms with Crippen molar-refractivity contribution in [3.63, 3.8) is 0 Å². The molecule has 1 aromatic carbocycles. The average molecular weight is 421 g/mol. The van der Waals surface area contributed by atoms with Gasteiger partial charge in [0.15, 0.2) is 0 Å². The van der Waals surface area contributed by atoms with Crippen LogP contribution >= 0.6 is 0 Å². The number of hydrogen-bond acceptors (Lipinski definition) is 5. The lowest BCUT2D eigenvalue weighted by molar-refractivity contribution is 0.0722. The van der Waals surface area contributed by atoms with Crippen LogP contribution in [0.15, 0.2) is 42.5 Å². The van der Waals surface area contributed by atoms with E-state index < -0.39 is 18.6 Å². The molecular weight excluding hydrogens is 392 g/mol. The molecule has 0 aliphatic heterocycles. The Kier molecular flexibility index (Phi) is 8.11. The Hall–Kier alpha value is -2.74. The molecule has 2 aromatic rings. The number of benzene rings is 1. The van der Waals surface area contributed by atoms with Crippen molar-refractivity contribution in [1.29, 1.82) is 0 Å². The SMILES string of the molecule is CCN(CCN(C)c1cccc(C(C)(C)O)n1)C(=O)c1ccccc1OCC(F)F. The molecule has 2 rings (SSSR count). The number of nitrogens with zero attached hydrogens (tertiary/aromatic N) is 3. The fourth-order valence-electron chi connectivity index (χ4n) is 2.86. The zero-order valence-electron chi connectivity index (χ0n) is 17.8. The van der Waals surface area contributed by atoms with Crippen molar-refractivity contribution in [3.8, 4) is 5.75 Å². The Morgan fingerprint density at radius 3 is 2.50 bits per heavy atom. The summed E-state index contributed by atoms with van der Waals surface area (Å²) in [4.78, 5) is 21.0. The minimum atomic E-state index is -2.61. The number of carbonyl (C=O) groups excluding carboxylic acids is 1. The van der Waals surface area contributed by atoms with E-state index in [1.54, 1.807) is 43.0 Å². The molecule has 0 saturated carbocycles. The molecule has 0 atom stereocenters. The molecule has 1 amide bonds. The smallest absolute Gasteiger partial charge is 0.272 e. The molecule has 0 bridgehead atoms. The Labute approximate surface area is 176 Å². The maximum atomic E-state index is 13.0. The van der Waals surface area contributed by atoms with Crippen LogP contribution in [0.2, 0.25) is 0 Å². The van der Waals surface area contributed by atoms with Crippen LogP contribution in [0.5, 0.6) is 5.75 Å². The summed E-state index contributed by atoms with van der Waals surface area (Å²) in [5, 5.41) is 10.2. The van der Waals surface area contributed by atoms with E-state index in [0.717, 1.165) is 0 Å². The summed E-state index contributed by atoms with van der Waals surface area (Å²) in [7, 11) is 1.86. The highest BCUT2D eigenvalue weighted by atomic mass is 19.3. The number of amides is 1. The van der Waals surface area contributed by atoms with Crippen molar-refractivity contribution >= 4 is 11.7 Å². The largest absolute Gasteiger partial charge is 0.487 e. The lowest BCUT2D eigenvalue weighted by Gasteiger charge is -2.27. The van der Waals surface area contributed by atoms with Crippen molar-refractivity contribution in [2.24, 2.45) is 0 Å². The third-order valence-corrected chi connectivity index (χ3v) is 4.61. The first-order valence-electron chi connectivity index (χ1n) is 9.83. The van der Waals surface area contributed by atoms with Gasteiger partial charge in [0.2, 0.25) is 0 Å². The highest BCUT2D eigenvalue weighted by molar-refractivity contribution is 5.97. The number of pyridine rings is 1. The van der Waals surface area contributed by atoms with Gasteiger partial charge in [-0.1, -0.05) is 18.2 Å². The number of alkyl halides is 2. The summed E-state index contributed by atoms with van der Waals surface area (Å²) >= 11 is 0. The number of para-hydroxylation sites is 1. The number of aromatic nitrogens is 1. The maximum Gasteiger partial charge on any atom is 0.272 e. The predicted octanol–water partition coefficient (Wildman–Crippen LogP) is 3.55. The van der Waals surface area contributed by atoms with Crippen LogP contribution in [0.3, 0.4) is 0 Å². The fourth-order valence-corrected chi connectivity index (χ4v) is 2.86. The van der Waals surface area contributed by atoms with Crippen molar-refractivity contribution in [3.05, 3.63) is 53.7 Å². The third-order valence-electron chi connectivity index (χ3n) is 4.61. The summed E-state index contributed by atoms with van der Waals surface area (Å²) < 4.78 is 30.1. The number of carbonyl (C=O) groups is 1. The van der Waals surface area contributed by atoms with Crippen LogP contribution in [-0.4, -0.2) is 60.6 Å². The number of halogens is 2. The summed E-state index contributed by atoms with van der Waals surface area (Å²) in [5.41, 5.74) is -0.241. The number of ether oxygens (including phenoxy) is 1. The zero-order chi connectivity index (χ0) is 22.3. The Bertz CT molecular complexity index is 840. The average Bonchev–Trinajstić information content (AvgIpc) is 2.72. The fraction of sp³-hybridized carbons (Fsp3) is 0.455. The highest BCUT2D eigenvalue weighted by Crippen LogP contribution is 2.22. The topological polar surface area (TPSA) is 65.9 Å². The molecule has 1 N–H and O–H groups in total.